The lowest BCUT2D eigenvalue weighted by Gasteiger charge is -2.20. The molecule has 0 aromatic rings. The molecule has 0 aromatic carbocycles. The first-order chi connectivity index (χ1) is 4.20. The maximum Gasteiger partial charge on any atom is 0.211 e. The molecule has 0 spiro atoms. The SMILES string of the molecule is NC1C=C(O)N=CN1N. The van der Waals surface area contributed by atoms with E-state index in [0.29, 0.717) is 0 Å². The highest BCUT2D eigenvalue weighted by atomic mass is 16.3. The molecule has 0 bridgehead atoms. The van der Waals surface area contributed by atoms with Gasteiger partial charge in [-0.1, -0.05) is 0 Å². The minimum Gasteiger partial charge on any atom is -0.493 e. The zero-order valence-corrected chi connectivity index (χ0v) is 4.73. The molecule has 0 saturated carbocycles. The van der Waals surface area contributed by atoms with E-state index in [-0.39, 0.29) is 5.88 Å². The summed E-state index contributed by atoms with van der Waals surface area (Å²) in [6.07, 6.45) is 2.14. The van der Waals surface area contributed by atoms with Crippen LogP contribution in [-0.2, 0) is 0 Å². The van der Waals surface area contributed by atoms with E-state index in [1.54, 1.807) is 0 Å². The monoisotopic (exact) mass is 128 g/mol. The molecule has 0 saturated heterocycles. The fourth-order valence-electron chi connectivity index (χ4n) is 0.485. The third-order valence-electron chi connectivity index (χ3n) is 0.987. The first kappa shape index (κ1) is 6.06. The highest BCUT2D eigenvalue weighted by Crippen LogP contribution is 1.98. The molecule has 0 radical (unpaired) electrons. The standard InChI is InChI=1S/C4H8N4O/c5-3-1-4(9)7-2-8(3)6/h1-3,9H,5-6H2. The van der Waals surface area contributed by atoms with Gasteiger partial charge in [0.2, 0.25) is 5.88 Å². The van der Waals surface area contributed by atoms with Gasteiger partial charge >= 0.3 is 0 Å². The molecule has 1 aliphatic heterocycles. The molecule has 1 aliphatic rings. The first-order valence-corrected chi connectivity index (χ1v) is 2.44. The Bertz CT molecular complexity index is 164. The number of hydrogen-bond donors (Lipinski definition) is 3. The van der Waals surface area contributed by atoms with Crippen LogP contribution < -0.4 is 11.6 Å². The second kappa shape index (κ2) is 2.04. The van der Waals surface area contributed by atoms with Crippen LogP contribution in [0.4, 0.5) is 0 Å². The van der Waals surface area contributed by atoms with Crippen LogP contribution in [0.2, 0.25) is 0 Å². The molecule has 1 atom stereocenters. The van der Waals surface area contributed by atoms with Gasteiger partial charge in [0.1, 0.15) is 12.5 Å². The lowest BCUT2D eigenvalue weighted by molar-refractivity contribution is 0.339. The molecule has 0 amide bonds. The van der Waals surface area contributed by atoms with Gasteiger partial charge in [-0.3, -0.25) is 5.01 Å². The van der Waals surface area contributed by atoms with Crippen molar-refractivity contribution in [3.05, 3.63) is 12.0 Å². The average Bonchev–Trinajstić information content (AvgIpc) is 1.80. The second-order valence-electron chi connectivity index (χ2n) is 1.71. The summed E-state index contributed by atoms with van der Waals surface area (Å²) in [6.45, 7) is 0. The molecule has 50 valence electrons. The number of hydrogen-bond acceptors (Lipinski definition) is 5. The zero-order valence-electron chi connectivity index (χ0n) is 4.73. The largest absolute Gasteiger partial charge is 0.493 e. The van der Waals surface area contributed by atoms with Gasteiger partial charge in [0.25, 0.3) is 0 Å². The summed E-state index contributed by atoms with van der Waals surface area (Å²) in [6, 6.07) is 0. The highest BCUT2D eigenvalue weighted by Gasteiger charge is 2.08. The van der Waals surface area contributed by atoms with Crippen molar-refractivity contribution in [1.82, 2.24) is 5.01 Å². The number of aliphatic hydroxyl groups is 1. The van der Waals surface area contributed by atoms with Crippen molar-refractivity contribution < 1.29 is 5.11 Å². The highest BCUT2D eigenvalue weighted by molar-refractivity contribution is 5.57. The number of aliphatic imine (C=N–C) groups is 1. The molecule has 0 aromatic heterocycles. The minimum atomic E-state index is -0.470. The van der Waals surface area contributed by atoms with Crippen LogP contribution in [0.25, 0.3) is 0 Å². The maximum atomic E-state index is 8.70. The molecule has 9 heavy (non-hydrogen) atoms. The molecule has 1 unspecified atom stereocenters. The molecular formula is C4H8N4O. The fraction of sp³-hybridized carbons (Fsp3) is 0.250. The lowest BCUT2D eigenvalue weighted by Crippen LogP contribution is -2.46. The van der Waals surface area contributed by atoms with Gasteiger partial charge in [0, 0.05) is 6.08 Å². The molecule has 5 N–H and O–H groups in total. The molecule has 1 heterocycles. The van der Waals surface area contributed by atoms with E-state index in [1.165, 1.54) is 17.4 Å². The number of aliphatic hydroxyl groups excluding tert-OH is 1. The van der Waals surface area contributed by atoms with Gasteiger partial charge in [-0.25, -0.2) is 10.8 Å². The van der Waals surface area contributed by atoms with Crippen molar-refractivity contribution >= 4 is 6.34 Å². The Morgan fingerprint density at radius 3 is 2.89 bits per heavy atom. The Morgan fingerprint density at radius 2 is 2.44 bits per heavy atom. The van der Waals surface area contributed by atoms with Crippen LogP contribution >= 0.6 is 0 Å². The van der Waals surface area contributed by atoms with Gasteiger partial charge in [-0.2, -0.15) is 0 Å². The van der Waals surface area contributed by atoms with E-state index in [2.05, 4.69) is 4.99 Å². The fourth-order valence-corrected chi connectivity index (χ4v) is 0.485. The van der Waals surface area contributed by atoms with Crippen LogP contribution in [0.5, 0.6) is 0 Å². The molecular weight excluding hydrogens is 120 g/mol. The Balaban J connectivity index is 2.70. The number of hydrazine groups is 1. The third-order valence-corrected chi connectivity index (χ3v) is 0.987. The molecule has 0 aliphatic carbocycles. The van der Waals surface area contributed by atoms with E-state index in [4.69, 9.17) is 16.7 Å². The minimum absolute atomic E-state index is 0.0933. The van der Waals surface area contributed by atoms with E-state index in [0.717, 1.165) is 0 Å². The Morgan fingerprint density at radius 1 is 1.78 bits per heavy atom. The van der Waals surface area contributed by atoms with Crippen molar-refractivity contribution in [1.29, 1.82) is 0 Å². The smallest absolute Gasteiger partial charge is 0.211 e. The van der Waals surface area contributed by atoms with Gasteiger partial charge in [-0.15, -0.1) is 0 Å². The van der Waals surface area contributed by atoms with E-state index in [9.17, 15) is 0 Å². The summed E-state index contributed by atoms with van der Waals surface area (Å²) in [7, 11) is 0. The van der Waals surface area contributed by atoms with Crippen LogP contribution in [0.3, 0.4) is 0 Å². The number of rotatable bonds is 0. The first-order valence-electron chi connectivity index (χ1n) is 2.44. The Kier molecular flexibility index (Phi) is 1.37. The Hall–Kier alpha value is -1.07. The van der Waals surface area contributed by atoms with Gasteiger partial charge in [-0.05, 0) is 0 Å². The quantitative estimate of drug-likeness (QED) is 0.361. The zero-order chi connectivity index (χ0) is 6.85. The van der Waals surface area contributed by atoms with Crippen molar-refractivity contribution in [2.45, 2.75) is 6.17 Å². The Labute approximate surface area is 52.2 Å². The molecule has 0 fully saturated rings. The van der Waals surface area contributed by atoms with Gasteiger partial charge in [0.05, 0.1) is 0 Å². The molecule has 1 rings (SSSR count). The van der Waals surface area contributed by atoms with Crippen LogP contribution in [0, 0.1) is 0 Å². The van der Waals surface area contributed by atoms with Crippen LogP contribution in [0.1, 0.15) is 0 Å². The summed E-state index contributed by atoms with van der Waals surface area (Å²) in [4.78, 5) is 3.47. The van der Waals surface area contributed by atoms with E-state index in [1.807, 2.05) is 0 Å². The summed E-state index contributed by atoms with van der Waals surface area (Å²) in [5, 5.41) is 9.89. The molecule has 5 heteroatoms. The van der Waals surface area contributed by atoms with E-state index >= 15 is 0 Å². The maximum absolute atomic E-state index is 8.70. The summed E-state index contributed by atoms with van der Waals surface area (Å²) in [5.74, 6) is 5.15. The number of nitrogens with two attached hydrogens (primary N) is 2. The van der Waals surface area contributed by atoms with Crippen LogP contribution in [0.15, 0.2) is 17.0 Å². The third kappa shape index (κ3) is 1.18. The van der Waals surface area contributed by atoms with Crippen molar-refractivity contribution in [3.63, 3.8) is 0 Å². The topological polar surface area (TPSA) is 87.9 Å². The second-order valence-corrected chi connectivity index (χ2v) is 1.71. The van der Waals surface area contributed by atoms with Gasteiger partial charge in [0.15, 0.2) is 0 Å². The van der Waals surface area contributed by atoms with Crippen molar-refractivity contribution in [2.75, 3.05) is 0 Å². The summed E-state index contributed by atoms with van der Waals surface area (Å²) < 4.78 is 0. The molecule has 5 nitrogen and oxygen atoms in total. The lowest BCUT2D eigenvalue weighted by atomic mass is 10.4. The van der Waals surface area contributed by atoms with Gasteiger partial charge < -0.3 is 10.8 Å². The van der Waals surface area contributed by atoms with Crippen molar-refractivity contribution in [3.8, 4) is 0 Å². The van der Waals surface area contributed by atoms with Crippen LogP contribution in [-0.4, -0.2) is 22.6 Å². The summed E-state index contributed by atoms with van der Waals surface area (Å²) in [5.41, 5.74) is 5.34. The predicted octanol–water partition coefficient (Wildman–Crippen LogP) is -1.11. The number of nitrogens with zero attached hydrogens (tertiary/aromatic N) is 2. The average molecular weight is 128 g/mol. The predicted molar refractivity (Wildman–Crippen MR) is 33.2 cm³/mol. The van der Waals surface area contributed by atoms with E-state index < -0.39 is 6.17 Å². The summed E-state index contributed by atoms with van der Waals surface area (Å²) >= 11 is 0. The normalized spacial score (nSPS) is 26.2. The van der Waals surface area contributed by atoms with Crippen molar-refractivity contribution in [2.24, 2.45) is 16.6 Å².